The van der Waals surface area contributed by atoms with Crippen LogP contribution in [0.5, 0.6) is 0 Å². The largest absolute Gasteiger partial charge is 0.498 e. The second-order valence-electron chi connectivity index (χ2n) is 7.25. The molecule has 1 fully saturated rings. The summed E-state index contributed by atoms with van der Waals surface area (Å²) in [6, 6.07) is 7.28. The van der Waals surface area contributed by atoms with E-state index in [-0.39, 0.29) is 17.2 Å². The van der Waals surface area contributed by atoms with E-state index in [1.54, 1.807) is 18.3 Å². The molecule has 0 aliphatic carbocycles. The number of aromatic nitrogens is 2. The Morgan fingerprint density at radius 1 is 1.16 bits per heavy atom. The highest BCUT2D eigenvalue weighted by atomic mass is 16.7. The zero-order valence-corrected chi connectivity index (χ0v) is 15.3. The molecule has 1 saturated heterocycles. The number of hydrogen-bond donors (Lipinski definition) is 0. The highest BCUT2D eigenvalue weighted by molar-refractivity contribution is 6.62. The van der Waals surface area contributed by atoms with Crippen molar-refractivity contribution in [3.8, 4) is 0 Å². The van der Waals surface area contributed by atoms with Gasteiger partial charge in [-0.05, 0) is 45.4 Å². The van der Waals surface area contributed by atoms with Crippen LogP contribution in [0.2, 0.25) is 0 Å². The lowest BCUT2D eigenvalue weighted by atomic mass is 9.82. The molecule has 1 aliphatic heterocycles. The minimum Gasteiger partial charge on any atom is -0.465 e. The molecule has 0 saturated carbocycles. The fourth-order valence-electron chi connectivity index (χ4n) is 2.62. The van der Waals surface area contributed by atoms with Gasteiger partial charge < -0.3 is 14.0 Å². The molecule has 0 unspecified atom stereocenters. The molecule has 0 atom stereocenters. The van der Waals surface area contributed by atoms with Gasteiger partial charge in [0.1, 0.15) is 0 Å². The van der Waals surface area contributed by atoms with E-state index in [9.17, 15) is 4.79 Å². The number of carbonyl (C=O) groups is 1. The molecule has 25 heavy (non-hydrogen) atoms. The normalized spacial score (nSPS) is 18.4. The summed E-state index contributed by atoms with van der Waals surface area (Å²) in [4.78, 5) is 11.5. The van der Waals surface area contributed by atoms with Crippen LogP contribution in [0.3, 0.4) is 0 Å². The van der Waals surface area contributed by atoms with Crippen molar-refractivity contribution in [3.05, 3.63) is 47.8 Å². The Labute approximate surface area is 148 Å². The summed E-state index contributed by atoms with van der Waals surface area (Å²) in [6.45, 7) is 8.71. The molecule has 3 rings (SSSR count). The molecule has 7 heteroatoms. The third kappa shape index (κ3) is 3.48. The minimum atomic E-state index is -0.416. The second kappa shape index (κ2) is 6.31. The van der Waals surface area contributed by atoms with E-state index in [4.69, 9.17) is 14.0 Å². The van der Waals surface area contributed by atoms with Crippen LogP contribution in [0.4, 0.5) is 0 Å². The van der Waals surface area contributed by atoms with E-state index in [0.29, 0.717) is 12.1 Å². The lowest BCUT2D eigenvalue weighted by molar-refractivity contribution is 0.00578. The summed E-state index contributed by atoms with van der Waals surface area (Å²) < 4.78 is 18.6. The Balaban J connectivity index is 1.69. The Hall–Kier alpha value is -2.12. The average molecular weight is 342 g/mol. The van der Waals surface area contributed by atoms with Crippen LogP contribution in [0.15, 0.2) is 36.7 Å². The molecular formula is C18H23BN2O4. The lowest BCUT2D eigenvalue weighted by Crippen LogP contribution is -2.41. The summed E-state index contributed by atoms with van der Waals surface area (Å²) in [6.07, 6.45) is 3.70. The molecular weight excluding hydrogens is 319 g/mol. The first-order valence-electron chi connectivity index (χ1n) is 8.27. The first-order chi connectivity index (χ1) is 11.7. The van der Waals surface area contributed by atoms with Gasteiger partial charge in [-0.1, -0.05) is 12.1 Å². The van der Waals surface area contributed by atoms with E-state index in [2.05, 4.69) is 5.10 Å². The van der Waals surface area contributed by atoms with Crippen molar-refractivity contribution in [2.45, 2.75) is 45.4 Å². The number of methoxy groups -OCH3 is 1. The van der Waals surface area contributed by atoms with Crippen LogP contribution in [0.25, 0.3) is 0 Å². The van der Waals surface area contributed by atoms with Crippen molar-refractivity contribution >= 4 is 18.6 Å². The first-order valence-corrected chi connectivity index (χ1v) is 8.27. The van der Waals surface area contributed by atoms with E-state index >= 15 is 0 Å². The maximum Gasteiger partial charge on any atom is 0.498 e. The molecule has 0 bridgehead atoms. The zero-order valence-electron chi connectivity index (χ0n) is 15.3. The van der Waals surface area contributed by atoms with Crippen LogP contribution in [0.1, 0.15) is 43.6 Å². The summed E-state index contributed by atoms with van der Waals surface area (Å²) >= 11 is 0. The van der Waals surface area contributed by atoms with Crippen LogP contribution >= 0.6 is 0 Å². The molecule has 0 amide bonds. The standard InChI is InChI=1S/C18H23BN2O4/c1-17(2)18(3,4)25-19(24-17)15-10-20-21(12-15)11-13-6-8-14(9-7-13)16(22)23-5/h6-10,12H,11H2,1-5H3. The number of esters is 1. The van der Waals surface area contributed by atoms with E-state index < -0.39 is 7.12 Å². The highest BCUT2D eigenvalue weighted by Gasteiger charge is 2.52. The zero-order chi connectivity index (χ0) is 18.2. The number of hydrogen-bond acceptors (Lipinski definition) is 5. The van der Waals surface area contributed by atoms with Crippen LogP contribution < -0.4 is 5.46 Å². The van der Waals surface area contributed by atoms with Crippen LogP contribution in [-0.4, -0.2) is 41.2 Å². The number of carbonyl (C=O) groups excluding carboxylic acids is 1. The third-order valence-electron chi connectivity index (χ3n) is 4.90. The Morgan fingerprint density at radius 2 is 1.76 bits per heavy atom. The molecule has 1 aromatic heterocycles. The van der Waals surface area contributed by atoms with Gasteiger partial charge in [-0.15, -0.1) is 0 Å². The molecule has 2 aromatic rings. The van der Waals surface area contributed by atoms with Gasteiger partial charge in [-0.3, -0.25) is 4.68 Å². The predicted molar refractivity (Wildman–Crippen MR) is 94.8 cm³/mol. The first kappa shape index (κ1) is 17.7. The second-order valence-corrected chi connectivity index (χ2v) is 7.25. The Bertz CT molecular complexity index is 752. The quantitative estimate of drug-likeness (QED) is 0.628. The predicted octanol–water partition coefficient (Wildman–Crippen LogP) is 2.02. The van der Waals surface area contributed by atoms with Gasteiger partial charge in [-0.2, -0.15) is 5.10 Å². The molecule has 132 valence electrons. The van der Waals surface area contributed by atoms with Gasteiger partial charge in [0.15, 0.2) is 0 Å². The molecule has 1 aromatic carbocycles. The fraction of sp³-hybridized carbons (Fsp3) is 0.444. The van der Waals surface area contributed by atoms with E-state index in [1.807, 2.05) is 50.7 Å². The summed E-state index contributed by atoms with van der Waals surface area (Å²) in [7, 11) is 0.956. The van der Waals surface area contributed by atoms with Crippen LogP contribution in [0, 0.1) is 0 Å². The van der Waals surface area contributed by atoms with Crippen molar-refractivity contribution in [3.63, 3.8) is 0 Å². The van der Waals surface area contributed by atoms with Gasteiger partial charge in [0.25, 0.3) is 0 Å². The number of ether oxygens (including phenoxy) is 1. The minimum absolute atomic E-state index is 0.339. The monoisotopic (exact) mass is 342 g/mol. The third-order valence-corrected chi connectivity index (χ3v) is 4.90. The number of benzene rings is 1. The SMILES string of the molecule is COC(=O)c1ccc(Cn2cc(B3OC(C)(C)C(C)(C)O3)cn2)cc1. The van der Waals surface area contributed by atoms with E-state index in [0.717, 1.165) is 11.0 Å². The Kier molecular flexibility index (Phi) is 4.47. The molecule has 0 radical (unpaired) electrons. The number of nitrogens with zero attached hydrogens (tertiary/aromatic N) is 2. The maximum atomic E-state index is 11.5. The van der Waals surface area contributed by atoms with Gasteiger partial charge in [-0.25, -0.2) is 4.79 Å². The van der Waals surface area contributed by atoms with Crippen molar-refractivity contribution in [1.29, 1.82) is 0 Å². The fourth-order valence-corrected chi connectivity index (χ4v) is 2.62. The smallest absolute Gasteiger partial charge is 0.465 e. The summed E-state index contributed by atoms with van der Waals surface area (Å²) in [5, 5.41) is 4.39. The summed E-state index contributed by atoms with van der Waals surface area (Å²) in [5.41, 5.74) is 1.72. The molecule has 0 spiro atoms. The van der Waals surface area contributed by atoms with Crippen molar-refractivity contribution in [1.82, 2.24) is 9.78 Å². The van der Waals surface area contributed by atoms with Crippen molar-refractivity contribution < 1.29 is 18.8 Å². The summed E-state index contributed by atoms with van der Waals surface area (Å²) in [5.74, 6) is -0.339. The van der Waals surface area contributed by atoms with Gasteiger partial charge in [0.05, 0.1) is 30.4 Å². The Morgan fingerprint density at radius 3 is 2.32 bits per heavy atom. The lowest BCUT2D eigenvalue weighted by Gasteiger charge is -2.32. The molecule has 6 nitrogen and oxygen atoms in total. The molecule has 2 heterocycles. The van der Waals surface area contributed by atoms with Gasteiger partial charge in [0.2, 0.25) is 0 Å². The topological polar surface area (TPSA) is 62.6 Å². The molecule has 0 N–H and O–H groups in total. The number of rotatable bonds is 4. The van der Waals surface area contributed by atoms with Crippen molar-refractivity contribution in [2.24, 2.45) is 0 Å². The average Bonchev–Trinajstić information content (AvgIpc) is 3.10. The maximum absolute atomic E-state index is 11.5. The molecule has 1 aliphatic rings. The van der Waals surface area contributed by atoms with Gasteiger partial charge in [0, 0.05) is 17.9 Å². The van der Waals surface area contributed by atoms with E-state index in [1.165, 1.54) is 7.11 Å². The highest BCUT2D eigenvalue weighted by Crippen LogP contribution is 2.36. The van der Waals surface area contributed by atoms with Crippen molar-refractivity contribution in [2.75, 3.05) is 7.11 Å². The van der Waals surface area contributed by atoms with Crippen LogP contribution in [-0.2, 0) is 20.6 Å². The van der Waals surface area contributed by atoms with Gasteiger partial charge >= 0.3 is 13.1 Å².